The lowest BCUT2D eigenvalue weighted by Gasteiger charge is -2.09. The summed E-state index contributed by atoms with van der Waals surface area (Å²) in [7, 11) is 0. The number of benzene rings is 1. The molecule has 4 heteroatoms. The minimum absolute atomic E-state index is 0.00795. The number of nitrogens with zero attached hydrogens (tertiary/aromatic N) is 3. The molecule has 2 N–H and O–H groups in total. The molecule has 0 bridgehead atoms. The molecule has 2 heterocycles. The Balaban J connectivity index is 2.02. The summed E-state index contributed by atoms with van der Waals surface area (Å²) in [4.78, 5) is 8.82. The quantitative estimate of drug-likeness (QED) is 0.779. The van der Waals surface area contributed by atoms with Crippen LogP contribution in [-0.4, -0.2) is 14.5 Å². The smallest absolute Gasteiger partial charge is 0.100 e. The molecule has 0 aliphatic carbocycles. The third-order valence-corrected chi connectivity index (χ3v) is 3.32. The monoisotopic (exact) mass is 252 g/mol. The summed E-state index contributed by atoms with van der Waals surface area (Å²) in [6, 6.07) is 12.1. The van der Waals surface area contributed by atoms with E-state index in [4.69, 9.17) is 5.73 Å². The van der Waals surface area contributed by atoms with Gasteiger partial charge in [0.25, 0.3) is 0 Å². The zero-order chi connectivity index (χ0) is 13.2. The molecule has 0 radical (unpaired) electrons. The average molecular weight is 252 g/mol. The summed E-state index contributed by atoms with van der Waals surface area (Å²) >= 11 is 0. The van der Waals surface area contributed by atoms with Crippen LogP contribution in [0, 0.1) is 0 Å². The maximum atomic E-state index is 5.97. The second kappa shape index (κ2) is 4.82. The zero-order valence-corrected chi connectivity index (χ0v) is 10.8. The summed E-state index contributed by atoms with van der Waals surface area (Å²) in [6.07, 6.45) is 4.56. The zero-order valence-electron chi connectivity index (χ0n) is 10.8. The number of hydrogen-bond acceptors (Lipinski definition) is 3. The molecule has 19 heavy (non-hydrogen) atoms. The van der Waals surface area contributed by atoms with Gasteiger partial charge in [-0.15, -0.1) is 0 Å². The third kappa shape index (κ3) is 2.11. The van der Waals surface area contributed by atoms with Crippen LogP contribution in [0.25, 0.3) is 16.7 Å². The van der Waals surface area contributed by atoms with Gasteiger partial charge in [-0.2, -0.15) is 0 Å². The van der Waals surface area contributed by atoms with Crippen molar-refractivity contribution in [3.05, 3.63) is 54.6 Å². The topological polar surface area (TPSA) is 56.7 Å². The standard InChI is InChI=1S/C15H16N4/c1-2-12(16)13-8-7-11(9-17-13)19-10-18-14-5-3-4-6-15(14)19/h3-10,12H,2,16H2,1H3/t12-/m0/s1. The van der Waals surface area contributed by atoms with Crippen molar-refractivity contribution in [1.82, 2.24) is 14.5 Å². The fourth-order valence-corrected chi connectivity index (χ4v) is 2.13. The van der Waals surface area contributed by atoms with Crippen LogP contribution in [0.5, 0.6) is 0 Å². The fourth-order valence-electron chi connectivity index (χ4n) is 2.13. The van der Waals surface area contributed by atoms with E-state index in [2.05, 4.69) is 16.9 Å². The molecular weight excluding hydrogens is 236 g/mol. The number of pyridine rings is 1. The van der Waals surface area contributed by atoms with Gasteiger partial charge >= 0.3 is 0 Å². The Bertz CT molecular complexity index is 685. The second-order valence-corrected chi connectivity index (χ2v) is 4.56. The SMILES string of the molecule is CC[C@H](N)c1ccc(-n2cnc3ccccc32)cn1. The van der Waals surface area contributed by atoms with Crippen LogP contribution >= 0.6 is 0 Å². The van der Waals surface area contributed by atoms with Gasteiger partial charge in [-0.25, -0.2) is 4.98 Å². The fraction of sp³-hybridized carbons (Fsp3) is 0.200. The molecule has 0 unspecified atom stereocenters. The number of nitrogens with two attached hydrogens (primary N) is 1. The number of rotatable bonds is 3. The van der Waals surface area contributed by atoms with Crippen molar-refractivity contribution in [2.24, 2.45) is 5.73 Å². The summed E-state index contributed by atoms with van der Waals surface area (Å²) < 4.78 is 2.03. The van der Waals surface area contributed by atoms with Crippen molar-refractivity contribution in [3.8, 4) is 5.69 Å². The molecule has 0 aliphatic rings. The van der Waals surface area contributed by atoms with E-state index in [-0.39, 0.29) is 6.04 Å². The highest BCUT2D eigenvalue weighted by molar-refractivity contribution is 5.77. The average Bonchev–Trinajstić information content (AvgIpc) is 2.90. The lowest BCUT2D eigenvalue weighted by molar-refractivity contribution is 0.675. The molecule has 0 amide bonds. The first-order valence-corrected chi connectivity index (χ1v) is 6.43. The minimum atomic E-state index is 0.00795. The highest BCUT2D eigenvalue weighted by atomic mass is 15.1. The van der Waals surface area contributed by atoms with Crippen molar-refractivity contribution < 1.29 is 0 Å². The van der Waals surface area contributed by atoms with Crippen molar-refractivity contribution in [3.63, 3.8) is 0 Å². The van der Waals surface area contributed by atoms with Gasteiger partial charge < -0.3 is 5.73 Å². The molecule has 1 aromatic carbocycles. The van der Waals surface area contributed by atoms with Gasteiger partial charge in [0.2, 0.25) is 0 Å². The molecule has 4 nitrogen and oxygen atoms in total. The highest BCUT2D eigenvalue weighted by Crippen LogP contribution is 2.18. The van der Waals surface area contributed by atoms with E-state index in [0.717, 1.165) is 28.8 Å². The summed E-state index contributed by atoms with van der Waals surface area (Å²) in [6.45, 7) is 2.06. The molecular formula is C15H16N4. The summed E-state index contributed by atoms with van der Waals surface area (Å²) in [5.41, 5.74) is 9.96. The maximum absolute atomic E-state index is 5.97. The predicted octanol–water partition coefficient (Wildman–Crippen LogP) is 2.83. The largest absolute Gasteiger partial charge is 0.323 e. The predicted molar refractivity (Wildman–Crippen MR) is 76.1 cm³/mol. The molecule has 1 atom stereocenters. The molecule has 0 aliphatic heterocycles. The lowest BCUT2D eigenvalue weighted by Crippen LogP contribution is -2.10. The highest BCUT2D eigenvalue weighted by Gasteiger charge is 2.07. The molecule has 0 spiro atoms. The molecule has 0 fully saturated rings. The van der Waals surface area contributed by atoms with Gasteiger partial charge in [0.1, 0.15) is 6.33 Å². The maximum Gasteiger partial charge on any atom is 0.100 e. The van der Waals surface area contributed by atoms with Crippen LogP contribution in [0.4, 0.5) is 0 Å². The summed E-state index contributed by atoms with van der Waals surface area (Å²) in [5.74, 6) is 0. The Morgan fingerprint density at radius 2 is 2.00 bits per heavy atom. The van der Waals surface area contributed by atoms with Crippen molar-refractivity contribution >= 4 is 11.0 Å². The van der Waals surface area contributed by atoms with Gasteiger partial charge in [0.05, 0.1) is 28.6 Å². The van der Waals surface area contributed by atoms with Crippen molar-refractivity contribution in [2.45, 2.75) is 19.4 Å². The van der Waals surface area contributed by atoms with Gasteiger partial charge in [-0.05, 0) is 30.7 Å². The number of aromatic nitrogens is 3. The Hall–Kier alpha value is -2.20. The first-order valence-electron chi connectivity index (χ1n) is 6.43. The summed E-state index contributed by atoms with van der Waals surface area (Å²) in [5, 5.41) is 0. The number of fused-ring (bicyclic) bond motifs is 1. The van der Waals surface area contributed by atoms with E-state index in [1.165, 1.54) is 0 Å². The normalized spacial score (nSPS) is 12.7. The Morgan fingerprint density at radius 1 is 1.16 bits per heavy atom. The van der Waals surface area contributed by atoms with Gasteiger partial charge in [-0.3, -0.25) is 9.55 Å². The van der Waals surface area contributed by atoms with Crippen LogP contribution in [0.2, 0.25) is 0 Å². The Labute approximate surface area is 111 Å². The Morgan fingerprint density at radius 3 is 2.74 bits per heavy atom. The van der Waals surface area contributed by atoms with Gasteiger partial charge in [0.15, 0.2) is 0 Å². The molecule has 3 rings (SSSR count). The van der Waals surface area contributed by atoms with E-state index in [9.17, 15) is 0 Å². The lowest BCUT2D eigenvalue weighted by atomic mass is 10.1. The van der Waals surface area contributed by atoms with E-state index < -0.39 is 0 Å². The van der Waals surface area contributed by atoms with Crippen LogP contribution in [0.3, 0.4) is 0 Å². The molecule has 3 aromatic rings. The number of hydrogen-bond donors (Lipinski definition) is 1. The molecule has 2 aromatic heterocycles. The van der Waals surface area contributed by atoms with Gasteiger partial charge in [-0.1, -0.05) is 19.1 Å². The van der Waals surface area contributed by atoms with E-state index in [1.54, 1.807) is 0 Å². The van der Waals surface area contributed by atoms with Crippen molar-refractivity contribution in [2.75, 3.05) is 0 Å². The van der Waals surface area contributed by atoms with E-state index >= 15 is 0 Å². The number of imidazole rings is 1. The van der Waals surface area contributed by atoms with Crippen LogP contribution < -0.4 is 5.73 Å². The first kappa shape index (κ1) is 11.9. The number of para-hydroxylation sites is 2. The van der Waals surface area contributed by atoms with Crippen molar-refractivity contribution in [1.29, 1.82) is 0 Å². The second-order valence-electron chi connectivity index (χ2n) is 4.56. The van der Waals surface area contributed by atoms with E-state index in [0.29, 0.717) is 0 Å². The Kier molecular flexibility index (Phi) is 3.01. The van der Waals surface area contributed by atoms with Crippen LogP contribution in [0.1, 0.15) is 25.1 Å². The van der Waals surface area contributed by atoms with Crippen LogP contribution in [-0.2, 0) is 0 Å². The van der Waals surface area contributed by atoms with E-state index in [1.807, 2.05) is 53.5 Å². The molecule has 96 valence electrons. The van der Waals surface area contributed by atoms with Gasteiger partial charge in [0, 0.05) is 6.04 Å². The first-order chi connectivity index (χ1) is 9.29. The van der Waals surface area contributed by atoms with Crippen LogP contribution in [0.15, 0.2) is 48.9 Å². The minimum Gasteiger partial charge on any atom is -0.323 e. The molecule has 0 saturated heterocycles. The molecule has 0 saturated carbocycles. The third-order valence-electron chi connectivity index (χ3n) is 3.32.